The zero-order valence-corrected chi connectivity index (χ0v) is 16.2. The van der Waals surface area contributed by atoms with Crippen LogP contribution in [0.4, 0.5) is 0 Å². The Morgan fingerprint density at radius 1 is 0.821 bits per heavy atom. The maximum absolute atomic E-state index is 12.8. The van der Waals surface area contributed by atoms with E-state index in [2.05, 4.69) is 29.6 Å². The van der Waals surface area contributed by atoms with Crippen LogP contribution < -0.4 is 5.32 Å². The summed E-state index contributed by atoms with van der Waals surface area (Å²) in [5.41, 5.74) is 2.41. The Bertz CT molecular complexity index is 754. The Morgan fingerprint density at radius 2 is 1.36 bits per heavy atom. The molecular weight excluding hydrogens is 348 g/mol. The number of nitrogens with zero attached hydrogens (tertiary/aromatic N) is 1. The summed E-state index contributed by atoms with van der Waals surface area (Å²) < 4.78 is 0. The highest BCUT2D eigenvalue weighted by Gasteiger charge is 2.36. The summed E-state index contributed by atoms with van der Waals surface area (Å²) in [6, 6.07) is 20.7. The summed E-state index contributed by atoms with van der Waals surface area (Å²) >= 11 is 0. The lowest BCUT2D eigenvalue weighted by Gasteiger charge is -2.32. The molecule has 0 spiro atoms. The molecule has 0 radical (unpaired) electrons. The number of hydrogen-bond acceptors (Lipinski definition) is 2. The van der Waals surface area contributed by atoms with E-state index in [0.29, 0.717) is 25.5 Å². The van der Waals surface area contributed by atoms with Gasteiger partial charge in [-0.3, -0.25) is 9.59 Å². The zero-order valence-electron chi connectivity index (χ0n) is 16.2. The molecule has 0 bridgehead atoms. The van der Waals surface area contributed by atoms with Gasteiger partial charge in [0.2, 0.25) is 11.8 Å². The van der Waals surface area contributed by atoms with Crippen LogP contribution in [-0.2, 0) is 9.59 Å². The van der Waals surface area contributed by atoms with Gasteiger partial charge in [0.1, 0.15) is 0 Å². The van der Waals surface area contributed by atoms with E-state index in [1.54, 1.807) is 0 Å². The van der Waals surface area contributed by atoms with Crippen LogP contribution in [-0.4, -0.2) is 36.3 Å². The van der Waals surface area contributed by atoms with Gasteiger partial charge in [0.25, 0.3) is 0 Å². The average Bonchev–Trinajstić information content (AvgIpc) is 3.60. The zero-order chi connectivity index (χ0) is 19.3. The Labute approximate surface area is 166 Å². The Morgan fingerprint density at radius 3 is 1.86 bits per heavy atom. The molecule has 1 aliphatic carbocycles. The molecule has 4 heteroatoms. The lowest BCUT2D eigenvalue weighted by molar-refractivity contribution is -0.136. The molecular formula is C24H28N2O2. The van der Waals surface area contributed by atoms with Crippen molar-refractivity contribution < 1.29 is 9.59 Å². The predicted octanol–water partition coefficient (Wildman–Crippen LogP) is 3.58. The van der Waals surface area contributed by atoms with Gasteiger partial charge < -0.3 is 10.2 Å². The lowest BCUT2D eigenvalue weighted by Crippen LogP contribution is -2.44. The molecule has 1 aliphatic heterocycles. The minimum atomic E-state index is 0.00968. The maximum atomic E-state index is 12.8. The SMILES string of the molecule is O=C(NCC(c1ccccc1)c1ccccc1)C1CCN(C(=O)C2CC2)CC1. The van der Waals surface area contributed by atoms with Gasteiger partial charge in [-0.1, -0.05) is 60.7 Å². The molecule has 1 saturated carbocycles. The van der Waals surface area contributed by atoms with E-state index in [0.717, 1.165) is 25.7 Å². The van der Waals surface area contributed by atoms with E-state index in [9.17, 15) is 9.59 Å². The first-order chi connectivity index (χ1) is 13.7. The van der Waals surface area contributed by atoms with E-state index >= 15 is 0 Å². The van der Waals surface area contributed by atoms with Crippen LogP contribution in [0, 0.1) is 11.8 Å². The van der Waals surface area contributed by atoms with Gasteiger partial charge >= 0.3 is 0 Å². The van der Waals surface area contributed by atoms with Crippen molar-refractivity contribution in [3.05, 3.63) is 71.8 Å². The Balaban J connectivity index is 1.35. The van der Waals surface area contributed by atoms with E-state index < -0.39 is 0 Å². The number of piperidine rings is 1. The Hall–Kier alpha value is -2.62. The van der Waals surface area contributed by atoms with Crippen molar-refractivity contribution in [3.8, 4) is 0 Å². The van der Waals surface area contributed by atoms with Gasteiger partial charge in [0, 0.05) is 37.4 Å². The summed E-state index contributed by atoms with van der Waals surface area (Å²) in [6.45, 7) is 2.02. The third-order valence-corrected chi connectivity index (χ3v) is 5.99. The second-order valence-corrected chi connectivity index (χ2v) is 7.99. The van der Waals surface area contributed by atoms with Gasteiger partial charge in [-0.05, 0) is 36.8 Å². The third-order valence-electron chi connectivity index (χ3n) is 5.99. The first-order valence-corrected chi connectivity index (χ1v) is 10.4. The number of benzene rings is 2. The quantitative estimate of drug-likeness (QED) is 0.838. The lowest BCUT2D eigenvalue weighted by atomic mass is 9.90. The van der Waals surface area contributed by atoms with Gasteiger partial charge in [-0.2, -0.15) is 0 Å². The van der Waals surface area contributed by atoms with Gasteiger partial charge in [-0.15, -0.1) is 0 Å². The van der Waals surface area contributed by atoms with Crippen molar-refractivity contribution in [2.24, 2.45) is 11.8 Å². The second kappa shape index (κ2) is 8.59. The number of carbonyl (C=O) groups excluding carboxylic acids is 2. The fourth-order valence-electron chi connectivity index (χ4n) is 4.10. The monoisotopic (exact) mass is 376 g/mol. The van der Waals surface area contributed by atoms with E-state index in [1.165, 1.54) is 11.1 Å². The number of carbonyl (C=O) groups is 2. The van der Waals surface area contributed by atoms with Crippen LogP contribution in [0.3, 0.4) is 0 Å². The largest absolute Gasteiger partial charge is 0.355 e. The van der Waals surface area contributed by atoms with Crippen molar-refractivity contribution >= 4 is 11.8 Å². The molecule has 1 saturated heterocycles. The van der Waals surface area contributed by atoms with Gasteiger partial charge in [-0.25, -0.2) is 0 Å². The topological polar surface area (TPSA) is 49.4 Å². The van der Waals surface area contributed by atoms with Crippen molar-refractivity contribution in [2.45, 2.75) is 31.6 Å². The van der Waals surface area contributed by atoms with E-state index in [-0.39, 0.29) is 23.7 Å². The summed E-state index contributed by atoms with van der Waals surface area (Å²) in [7, 11) is 0. The number of nitrogens with one attached hydrogen (secondary N) is 1. The van der Waals surface area contributed by atoms with Crippen LogP contribution in [0.2, 0.25) is 0 Å². The van der Waals surface area contributed by atoms with Crippen LogP contribution >= 0.6 is 0 Å². The molecule has 146 valence electrons. The molecule has 0 aromatic heterocycles. The molecule has 1 heterocycles. The minimum absolute atomic E-state index is 0.00968. The number of likely N-dealkylation sites (tertiary alicyclic amines) is 1. The molecule has 28 heavy (non-hydrogen) atoms. The standard InChI is InChI=1S/C24H28N2O2/c27-23(20-13-15-26(16-14-20)24(28)21-11-12-21)25-17-22(18-7-3-1-4-8-18)19-9-5-2-6-10-19/h1-10,20-22H,11-17H2,(H,25,27). The number of amides is 2. The number of hydrogen-bond donors (Lipinski definition) is 1. The summed E-state index contributed by atoms with van der Waals surface area (Å²) in [4.78, 5) is 26.9. The predicted molar refractivity (Wildman–Crippen MR) is 110 cm³/mol. The fraction of sp³-hybridized carbons (Fsp3) is 0.417. The number of rotatable bonds is 6. The van der Waals surface area contributed by atoms with E-state index in [4.69, 9.17) is 0 Å². The third kappa shape index (κ3) is 4.44. The molecule has 2 aromatic rings. The molecule has 0 unspecified atom stereocenters. The fourth-order valence-corrected chi connectivity index (χ4v) is 4.10. The van der Waals surface area contributed by atoms with Crippen molar-refractivity contribution in [3.63, 3.8) is 0 Å². The first-order valence-electron chi connectivity index (χ1n) is 10.4. The Kier molecular flexibility index (Phi) is 5.75. The molecule has 2 aromatic carbocycles. The highest BCUT2D eigenvalue weighted by molar-refractivity contribution is 5.82. The van der Waals surface area contributed by atoms with Gasteiger partial charge in [0.05, 0.1) is 0 Å². The van der Waals surface area contributed by atoms with Crippen LogP contribution in [0.25, 0.3) is 0 Å². The maximum Gasteiger partial charge on any atom is 0.225 e. The normalized spacial score (nSPS) is 17.5. The first kappa shape index (κ1) is 18.7. The van der Waals surface area contributed by atoms with E-state index in [1.807, 2.05) is 41.3 Å². The highest BCUT2D eigenvalue weighted by atomic mass is 16.2. The molecule has 4 rings (SSSR count). The summed E-state index contributed by atoms with van der Waals surface area (Å²) in [6.07, 6.45) is 3.62. The molecule has 0 atom stereocenters. The minimum Gasteiger partial charge on any atom is -0.355 e. The van der Waals surface area contributed by atoms with Crippen molar-refractivity contribution in [1.29, 1.82) is 0 Å². The highest BCUT2D eigenvalue weighted by Crippen LogP contribution is 2.32. The van der Waals surface area contributed by atoms with Crippen molar-refractivity contribution in [1.82, 2.24) is 10.2 Å². The summed E-state index contributed by atoms with van der Waals surface area (Å²) in [5, 5.41) is 3.19. The second-order valence-electron chi connectivity index (χ2n) is 7.99. The van der Waals surface area contributed by atoms with Gasteiger partial charge in [0.15, 0.2) is 0 Å². The molecule has 2 amide bonds. The molecule has 2 fully saturated rings. The molecule has 4 nitrogen and oxygen atoms in total. The smallest absolute Gasteiger partial charge is 0.225 e. The molecule has 2 aliphatic rings. The van der Waals surface area contributed by atoms with Crippen molar-refractivity contribution in [2.75, 3.05) is 19.6 Å². The van der Waals surface area contributed by atoms with Crippen LogP contribution in [0.15, 0.2) is 60.7 Å². The molecule has 1 N–H and O–H groups in total. The van der Waals surface area contributed by atoms with Crippen LogP contribution in [0.1, 0.15) is 42.7 Å². The average molecular weight is 377 g/mol. The van der Waals surface area contributed by atoms with Crippen LogP contribution in [0.5, 0.6) is 0 Å². The summed E-state index contributed by atoms with van der Waals surface area (Å²) in [5.74, 6) is 0.837.